The van der Waals surface area contributed by atoms with Crippen LogP contribution in [0.25, 0.3) is 143 Å². The fraction of sp³-hybridized carbons (Fsp3) is 0.153. The molecular formula is C111H102B4F16N4. The normalized spacial score (nSPS) is 11.6. The molecule has 24 heteroatoms. The van der Waals surface area contributed by atoms with Gasteiger partial charge in [0.05, 0.1) is 43.1 Å². The van der Waals surface area contributed by atoms with Gasteiger partial charge in [0.1, 0.15) is 0 Å². The van der Waals surface area contributed by atoms with Crippen LogP contribution in [0.2, 0.25) is 0 Å². The summed E-state index contributed by atoms with van der Waals surface area (Å²) in [5, 5.41) is 10.4. The van der Waals surface area contributed by atoms with Crippen molar-refractivity contribution in [3.8, 4) is 56.1 Å². The van der Waals surface area contributed by atoms with Gasteiger partial charge in [-0.15, -0.1) is 0 Å². The van der Waals surface area contributed by atoms with Crippen molar-refractivity contribution in [2.24, 2.45) is 0 Å². The molecule has 0 aliphatic carbocycles. The Hall–Kier alpha value is -13.9. The van der Waals surface area contributed by atoms with Crippen LogP contribution >= 0.6 is 0 Å². The highest BCUT2D eigenvalue weighted by Crippen LogP contribution is 2.44. The van der Waals surface area contributed by atoms with Crippen LogP contribution in [0.3, 0.4) is 0 Å². The molecule has 0 bridgehead atoms. The third-order valence-electron chi connectivity index (χ3n) is 23.1. The quantitative estimate of drug-likeness (QED) is 0.0654. The fourth-order valence-electron chi connectivity index (χ4n) is 18.3. The highest BCUT2D eigenvalue weighted by Gasteiger charge is 2.32. The number of aromatic nitrogens is 4. The second-order valence-corrected chi connectivity index (χ2v) is 34.8. The van der Waals surface area contributed by atoms with E-state index in [1.807, 2.05) is 0 Å². The number of fused-ring (bicyclic) bond motifs is 8. The van der Waals surface area contributed by atoms with Crippen molar-refractivity contribution in [1.29, 1.82) is 0 Å². The van der Waals surface area contributed by atoms with E-state index in [1.54, 1.807) is 0 Å². The lowest BCUT2D eigenvalue weighted by Crippen LogP contribution is -2.33. The summed E-state index contributed by atoms with van der Waals surface area (Å²) in [4.78, 5) is 0. The standard InChI is InChI=1S/C33H34N.C30H28N.C28H24N.C20H16N.4BF4/c1-21-13-15-27-29(19-21)34(26-11-9-8-10-12-26)30-20-25(33(5,6)7)14-16-28(30)32(27)31-23(3)17-22(2)18-24(31)4;1-19-11-13-27-25(17-19)30(29-22(4)15-21(3)16-23(29)5)26-18-20(2)12-14-28(26)31(27)24-9-7-6-8-10-24;1-19-17-20(2)27(21(3)18-19)28-23-13-7-9-15-25(23)29(22-11-5-4-6-12-22)26-16-10-8-14-24(26)28;1-15-17-11-5-7-13-19(17)21(16-9-3-2-4-10-16)20-14-8-6-12-18(15)20;4*2-1(3,4)5/h8-20H,1-7H3;6-18H,1-5H3;4-18H,1-3H3;2-14H,1H3;;;;/q4*+1;4*-1. The van der Waals surface area contributed by atoms with Crippen LogP contribution in [0, 0.1) is 90.0 Å². The lowest BCUT2D eigenvalue weighted by molar-refractivity contribution is -0.538. The molecule has 19 rings (SSSR count). The van der Waals surface area contributed by atoms with Crippen LogP contribution in [-0.2, 0) is 5.41 Å². The molecule has 0 spiro atoms. The molecule has 0 radical (unpaired) electrons. The highest BCUT2D eigenvalue weighted by atomic mass is 19.5. The number of hydrogen-bond acceptors (Lipinski definition) is 0. The number of hydrogen-bond donors (Lipinski definition) is 0. The van der Waals surface area contributed by atoms with E-state index in [0.29, 0.717) is 0 Å². The zero-order valence-corrected chi connectivity index (χ0v) is 77.8. The lowest BCUT2D eigenvalue weighted by Gasteiger charge is -2.21. The van der Waals surface area contributed by atoms with Crippen molar-refractivity contribution in [2.75, 3.05) is 0 Å². The van der Waals surface area contributed by atoms with Crippen LogP contribution in [0.4, 0.5) is 69.1 Å². The Morgan fingerprint density at radius 2 is 0.385 bits per heavy atom. The Morgan fingerprint density at radius 3 is 0.674 bits per heavy atom. The molecule has 690 valence electrons. The van der Waals surface area contributed by atoms with Gasteiger partial charge in [-0.3, -0.25) is 0 Å². The monoisotopic (exact) mass is 1840 g/mol. The smallest absolute Gasteiger partial charge is 0.418 e. The van der Waals surface area contributed by atoms with Crippen LogP contribution in [0.5, 0.6) is 0 Å². The molecule has 135 heavy (non-hydrogen) atoms. The van der Waals surface area contributed by atoms with Gasteiger partial charge in [-0.1, -0.05) is 231 Å². The first-order valence-electron chi connectivity index (χ1n) is 44.0. The second kappa shape index (κ2) is 41.7. The van der Waals surface area contributed by atoms with Crippen LogP contribution in [0.1, 0.15) is 98.7 Å². The second-order valence-electron chi connectivity index (χ2n) is 34.8. The Balaban J connectivity index is 0.000000152. The summed E-state index contributed by atoms with van der Waals surface area (Å²) in [5.74, 6) is 0. The number of aryl methyl sites for hydroxylation is 13. The van der Waals surface area contributed by atoms with Crippen molar-refractivity contribution in [2.45, 2.75) is 116 Å². The van der Waals surface area contributed by atoms with E-state index in [0.717, 1.165) is 0 Å². The number of rotatable bonds is 7. The molecule has 0 N–H and O–H groups in total. The van der Waals surface area contributed by atoms with E-state index in [9.17, 15) is 69.1 Å². The van der Waals surface area contributed by atoms with E-state index in [-0.39, 0.29) is 5.41 Å². The van der Waals surface area contributed by atoms with E-state index < -0.39 is 29.0 Å². The fourth-order valence-corrected chi connectivity index (χ4v) is 18.3. The summed E-state index contributed by atoms with van der Waals surface area (Å²) < 4.78 is 166. The third kappa shape index (κ3) is 24.8. The summed E-state index contributed by atoms with van der Waals surface area (Å²) in [6.45, 7) is 35.7. The van der Waals surface area contributed by atoms with Crippen LogP contribution < -0.4 is 18.3 Å². The average molecular weight is 1840 g/mol. The van der Waals surface area contributed by atoms with E-state index in [4.69, 9.17) is 0 Å². The predicted octanol–water partition coefficient (Wildman–Crippen LogP) is 32.6. The molecule has 4 nitrogen and oxygen atoms in total. The maximum absolute atomic E-state index is 9.75. The molecule has 0 aliphatic heterocycles. The molecule has 15 aromatic carbocycles. The predicted molar refractivity (Wildman–Crippen MR) is 529 cm³/mol. The van der Waals surface area contributed by atoms with Crippen molar-refractivity contribution in [3.63, 3.8) is 0 Å². The first kappa shape index (κ1) is 100. The van der Waals surface area contributed by atoms with E-state index in [2.05, 4.69) is 457 Å². The van der Waals surface area contributed by atoms with Gasteiger partial charge in [0, 0.05) is 114 Å². The summed E-state index contributed by atoms with van der Waals surface area (Å²) in [5.41, 5.74) is 41.3. The molecule has 19 aromatic rings. The third-order valence-corrected chi connectivity index (χ3v) is 23.1. The van der Waals surface area contributed by atoms with Gasteiger partial charge in [-0.2, -0.15) is 18.3 Å². The maximum atomic E-state index is 9.75. The molecule has 0 atom stereocenters. The lowest BCUT2D eigenvalue weighted by atomic mass is 9.84. The minimum atomic E-state index is -6.00. The van der Waals surface area contributed by atoms with Crippen molar-refractivity contribution in [1.82, 2.24) is 0 Å². The number of halogens is 16. The van der Waals surface area contributed by atoms with Gasteiger partial charge < -0.3 is 69.1 Å². The summed E-state index contributed by atoms with van der Waals surface area (Å²) in [7, 11) is -24.0. The zero-order chi connectivity index (χ0) is 98.1. The summed E-state index contributed by atoms with van der Waals surface area (Å²) in [6, 6.07) is 119. The molecule has 0 saturated heterocycles. The molecule has 0 amide bonds. The Labute approximate surface area is 776 Å². The van der Waals surface area contributed by atoms with Crippen molar-refractivity contribution < 1.29 is 87.3 Å². The molecule has 4 aromatic heterocycles. The van der Waals surface area contributed by atoms with E-state index in [1.165, 1.54) is 221 Å². The maximum Gasteiger partial charge on any atom is 0.673 e. The molecule has 0 unspecified atom stereocenters. The Morgan fingerprint density at radius 1 is 0.178 bits per heavy atom. The van der Waals surface area contributed by atoms with Gasteiger partial charge in [0.25, 0.3) is 0 Å². The number of pyridine rings is 4. The van der Waals surface area contributed by atoms with Gasteiger partial charge in [0.15, 0.2) is 0 Å². The summed E-state index contributed by atoms with van der Waals surface area (Å²) >= 11 is 0. The van der Waals surface area contributed by atoms with Crippen molar-refractivity contribution in [3.05, 3.63) is 405 Å². The first-order chi connectivity index (χ1) is 63.6. The Bertz CT molecular complexity index is 7220. The summed E-state index contributed by atoms with van der Waals surface area (Å²) in [6.07, 6.45) is 0. The van der Waals surface area contributed by atoms with Crippen LogP contribution in [-0.4, -0.2) is 29.0 Å². The highest BCUT2D eigenvalue weighted by molar-refractivity contribution is 6.51. The van der Waals surface area contributed by atoms with Gasteiger partial charge in [-0.05, 0) is 211 Å². The Kier molecular flexibility index (Phi) is 30.9. The van der Waals surface area contributed by atoms with E-state index >= 15 is 0 Å². The van der Waals surface area contributed by atoms with Crippen molar-refractivity contribution >= 4 is 116 Å². The van der Waals surface area contributed by atoms with Gasteiger partial charge in [0.2, 0.25) is 66.9 Å². The zero-order valence-electron chi connectivity index (χ0n) is 77.8. The minimum absolute atomic E-state index is 0.0696. The number of para-hydroxylation sites is 8. The topological polar surface area (TPSA) is 15.5 Å². The molecule has 0 aliphatic rings. The molecule has 4 heterocycles. The molecule has 0 saturated carbocycles. The number of benzene rings is 15. The minimum Gasteiger partial charge on any atom is -0.418 e. The average Bonchev–Trinajstić information content (AvgIpc) is 0.736. The number of nitrogens with zero attached hydrogens (tertiary/aromatic N) is 4. The molecular weight excluding hydrogens is 1740 g/mol. The SMILES string of the molecule is Cc1c2ccccc2[n+](-c2ccccc2)c2ccccc12.Cc1cc(C)c(-c2c3cc(C)ccc3[n+](-c3ccccc3)c3ccc(C)cc23)c(C)c1.Cc1cc(C)c(-c2c3ccc(C)cc3[n+](-c3ccccc3)c3cc(C(C)(C)C)ccc23)c(C)c1.Cc1cc(C)c(-c2c3ccccc3[n+](-c3ccccc3)c3ccccc23)c(C)c1.F[B-](F)(F)F.F[B-](F)(F)F.F[B-](F)(F)F.F[B-](F)(F)F. The van der Waals surface area contributed by atoms with Crippen LogP contribution in [0.15, 0.2) is 328 Å². The van der Waals surface area contributed by atoms with Gasteiger partial charge in [-0.25, -0.2) is 0 Å². The largest absolute Gasteiger partial charge is 0.673 e. The van der Waals surface area contributed by atoms with Gasteiger partial charge >= 0.3 is 29.0 Å². The first-order valence-corrected chi connectivity index (χ1v) is 44.0. The molecule has 0 fully saturated rings.